The zero-order chi connectivity index (χ0) is 11.6. The van der Waals surface area contributed by atoms with Gasteiger partial charge >= 0.3 is 0 Å². The standard InChI is InChI=1S/C14H21NSi/c1-16(2,3)12-9-13-7-8-14(13)15-10-5-4-6-11-15/h7-8H,4-6,10-11H2,1-3H3. The molecule has 0 aromatic heterocycles. The van der Waals surface area contributed by atoms with Gasteiger partial charge in [0.15, 0.2) is 0 Å². The Morgan fingerprint density at radius 1 is 1.06 bits per heavy atom. The van der Waals surface area contributed by atoms with E-state index in [4.69, 9.17) is 0 Å². The van der Waals surface area contributed by atoms with E-state index in [9.17, 15) is 0 Å². The highest BCUT2D eigenvalue weighted by atomic mass is 28.3. The second kappa shape index (κ2) is 4.51. The molecule has 1 aliphatic carbocycles. The van der Waals surface area contributed by atoms with Gasteiger partial charge < -0.3 is 4.90 Å². The topological polar surface area (TPSA) is 3.24 Å². The molecule has 2 heteroatoms. The Morgan fingerprint density at radius 3 is 2.25 bits per heavy atom. The zero-order valence-corrected chi connectivity index (χ0v) is 11.6. The summed E-state index contributed by atoms with van der Waals surface area (Å²) < 4.78 is 0. The van der Waals surface area contributed by atoms with Gasteiger partial charge in [-0.1, -0.05) is 25.6 Å². The van der Waals surface area contributed by atoms with Crippen LogP contribution in [0, 0.1) is 11.5 Å². The lowest BCUT2D eigenvalue weighted by molar-refractivity contribution is 0.290. The summed E-state index contributed by atoms with van der Waals surface area (Å²) >= 11 is 0. The molecular formula is C14H21NSi. The van der Waals surface area contributed by atoms with E-state index in [0.717, 1.165) is 0 Å². The first-order valence-electron chi connectivity index (χ1n) is 6.27. The molecule has 1 fully saturated rings. The number of piperidine rings is 1. The molecule has 0 saturated carbocycles. The molecule has 0 aromatic carbocycles. The minimum absolute atomic E-state index is 1.22. The minimum Gasteiger partial charge on any atom is -0.371 e. The van der Waals surface area contributed by atoms with Crippen LogP contribution in [0.1, 0.15) is 19.3 Å². The Morgan fingerprint density at radius 2 is 1.75 bits per heavy atom. The van der Waals surface area contributed by atoms with E-state index in [-0.39, 0.29) is 0 Å². The van der Waals surface area contributed by atoms with Gasteiger partial charge in [-0.2, -0.15) is 0 Å². The van der Waals surface area contributed by atoms with Crippen LogP contribution >= 0.6 is 0 Å². The van der Waals surface area contributed by atoms with Gasteiger partial charge in [-0.25, -0.2) is 0 Å². The Labute approximate surface area is 100 Å². The molecule has 1 aliphatic heterocycles. The van der Waals surface area contributed by atoms with Crippen molar-refractivity contribution in [3.63, 3.8) is 0 Å². The minimum atomic E-state index is -1.23. The van der Waals surface area contributed by atoms with E-state index < -0.39 is 8.07 Å². The molecule has 0 amide bonds. The van der Waals surface area contributed by atoms with Gasteiger partial charge in [0.05, 0.1) is 5.70 Å². The summed E-state index contributed by atoms with van der Waals surface area (Å²) in [6, 6.07) is 0. The van der Waals surface area contributed by atoms with E-state index in [0.29, 0.717) is 0 Å². The third-order valence-corrected chi connectivity index (χ3v) is 3.83. The van der Waals surface area contributed by atoms with Crippen molar-refractivity contribution < 1.29 is 0 Å². The van der Waals surface area contributed by atoms with Crippen LogP contribution in [0.2, 0.25) is 19.6 Å². The number of rotatable bonds is 1. The van der Waals surface area contributed by atoms with Crippen molar-refractivity contribution in [3.05, 3.63) is 23.4 Å². The van der Waals surface area contributed by atoms with Gasteiger partial charge in [-0.15, -0.1) is 5.54 Å². The van der Waals surface area contributed by atoms with Crippen LogP contribution in [-0.4, -0.2) is 26.1 Å². The fourth-order valence-corrected chi connectivity index (χ4v) is 2.52. The second-order valence-electron chi connectivity index (χ2n) is 5.68. The quantitative estimate of drug-likeness (QED) is 0.495. The molecule has 0 aromatic rings. The SMILES string of the molecule is C[Si](C)(C)C#CC1=C(N2CCCCC2)C=C1. The van der Waals surface area contributed by atoms with Gasteiger partial charge in [0.25, 0.3) is 0 Å². The first-order chi connectivity index (χ1) is 7.56. The summed E-state index contributed by atoms with van der Waals surface area (Å²) in [5, 5.41) is 0. The first kappa shape index (κ1) is 11.5. The van der Waals surface area contributed by atoms with Crippen molar-refractivity contribution in [2.24, 2.45) is 0 Å². The molecule has 0 spiro atoms. The van der Waals surface area contributed by atoms with E-state index in [2.05, 4.69) is 48.2 Å². The number of hydrogen-bond acceptors (Lipinski definition) is 1. The average Bonchev–Trinajstić information content (AvgIpc) is 2.16. The molecule has 0 unspecified atom stereocenters. The van der Waals surface area contributed by atoms with Crippen LogP contribution in [0.15, 0.2) is 23.4 Å². The lowest BCUT2D eigenvalue weighted by atomic mass is 10.0. The summed E-state index contributed by atoms with van der Waals surface area (Å²) in [5.41, 5.74) is 6.11. The summed E-state index contributed by atoms with van der Waals surface area (Å²) in [4.78, 5) is 2.50. The third kappa shape index (κ3) is 2.80. The monoisotopic (exact) mass is 231 g/mol. The van der Waals surface area contributed by atoms with Gasteiger partial charge in [-0.05, 0) is 31.4 Å². The number of allylic oxidation sites excluding steroid dienone is 3. The van der Waals surface area contributed by atoms with Crippen LogP contribution in [-0.2, 0) is 0 Å². The smallest absolute Gasteiger partial charge is 0.129 e. The Balaban J connectivity index is 2.06. The predicted octanol–water partition coefficient (Wildman–Crippen LogP) is 3.18. The van der Waals surface area contributed by atoms with Crippen LogP contribution in [0.25, 0.3) is 0 Å². The van der Waals surface area contributed by atoms with Crippen LogP contribution in [0.4, 0.5) is 0 Å². The Hall–Kier alpha value is -0.943. The summed E-state index contributed by atoms with van der Waals surface area (Å²) in [7, 11) is -1.23. The molecule has 1 nitrogen and oxygen atoms in total. The Kier molecular flexibility index (Phi) is 3.25. The van der Waals surface area contributed by atoms with Gasteiger partial charge in [0.1, 0.15) is 8.07 Å². The van der Waals surface area contributed by atoms with Crippen molar-refractivity contribution in [1.82, 2.24) is 4.90 Å². The maximum atomic E-state index is 3.45. The van der Waals surface area contributed by atoms with Crippen LogP contribution in [0.3, 0.4) is 0 Å². The predicted molar refractivity (Wildman–Crippen MR) is 72.7 cm³/mol. The average molecular weight is 231 g/mol. The zero-order valence-electron chi connectivity index (χ0n) is 10.6. The summed E-state index contributed by atoms with van der Waals surface area (Å²) in [6.07, 6.45) is 8.46. The molecule has 1 saturated heterocycles. The maximum Gasteiger partial charge on any atom is 0.129 e. The van der Waals surface area contributed by atoms with Crippen molar-refractivity contribution in [2.45, 2.75) is 38.9 Å². The molecule has 86 valence electrons. The molecule has 2 rings (SSSR count). The molecular weight excluding hydrogens is 210 g/mol. The lowest BCUT2D eigenvalue weighted by Crippen LogP contribution is -2.30. The fraction of sp³-hybridized carbons (Fsp3) is 0.571. The molecule has 16 heavy (non-hydrogen) atoms. The highest BCUT2D eigenvalue weighted by Gasteiger charge is 2.18. The van der Waals surface area contributed by atoms with Crippen molar-refractivity contribution >= 4 is 8.07 Å². The summed E-state index contributed by atoms with van der Waals surface area (Å²) in [5.74, 6) is 3.37. The van der Waals surface area contributed by atoms with Gasteiger partial charge in [-0.3, -0.25) is 0 Å². The van der Waals surface area contributed by atoms with E-state index in [1.807, 2.05) is 0 Å². The molecule has 0 bridgehead atoms. The largest absolute Gasteiger partial charge is 0.371 e. The first-order valence-corrected chi connectivity index (χ1v) is 9.77. The van der Waals surface area contributed by atoms with Gasteiger partial charge in [0, 0.05) is 18.7 Å². The van der Waals surface area contributed by atoms with Gasteiger partial charge in [0.2, 0.25) is 0 Å². The van der Waals surface area contributed by atoms with E-state index >= 15 is 0 Å². The molecule has 1 heterocycles. The van der Waals surface area contributed by atoms with E-state index in [1.165, 1.54) is 43.6 Å². The molecule has 0 N–H and O–H groups in total. The normalized spacial score (nSPS) is 20.3. The molecule has 0 atom stereocenters. The van der Waals surface area contributed by atoms with Crippen molar-refractivity contribution in [1.29, 1.82) is 0 Å². The second-order valence-corrected chi connectivity index (χ2v) is 10.4. The van der Waals surface area contributed by atoms with Crippen molar-refractivity contribution in [3.8, 4) is 11.5 Å². The van der Waals surface area contributed by atoms with Crippen molar-refractivity contribution in [2.75, 3.05) is 13.1 Å². The van der Waals surface area contributed by atoms with Crippen LogP contribution < -0.4 is 0 Å². The summed E-state index contributed by atoms with van der Waals surface area (Å²) in [6.45, 7) is 9.33. The number of hydrogen-bond donors (Lipinski definition) is 0. The lowest BCUT2D eigenvalue weighted by Gasteiger charge is -2.32. The highest BCUT2D eigenvalue weighted by molar-refractivity contribution is 6.83. The van der Waals surface area contributed by atoms with Crippen LogP contribution in [0.5, 0.6) is 0 Å². The molecule has 2 aliphatic rings. The third-order valence-electron chi connectivity index (χ3n) is 2.95. The number of likely N-dealkylation sites (tertiary alicyclic amines) is 1. The highest BCUT2D eigenvalue weighted by Crippen LogP contribution is 2.25. The number of nitrogens with zero attached hydrogens (tertiary/aromatic N) is 1. The fourth-order valence-electron chi connectivity index (χ4n) is 2.01. The molecule has 0 radical (unpaired) electrons. The Bertz CT molecular complexity index is 381. The van der Waals surface area contributed by atoms with E-state index in [1.54, 1.807) is 0 Å². The maximum absolute atomic E-state index is 3.45.